The molecule has 0 aliphatic carbocycles. The van der Waals surface area contributed by atoms with Crippen molar-refractivity contribution in [2.75, 3.05) is 13.7 Å². The predicted octanol–water partition coefficient (Wildman–Crippen LogP) is 0.774. The van der Waals surface area contributed by atoms with Crippen molar-refractivity contribution >= 4 is 0 Å². The molecule has 0 fully saturated rings. The molecule has 0 unspecified atom stereocenters. The van der Waals surface area contributed by atoms with Crippen LogP contribution in [0, 0.1) is 0 Å². The largest absolute Gasteiger partial charge is 0.388 e. The molecule has 0 aliphatic rings. The molecule has 1 N–H and O–H groups in total. The summed E-state index contributed by atoms with van der Waals surface area (Å²) in [7, 11) is 1.33. The summed E-state index contributed by atoms with van der Waals surface area (Å²) < 4.78 is 56.0. The fraction of sp³-hybridized carbons (Fsp3) is 0.750. The molecule has 0 saturated heterocycles. The van der Waals surface area contributed by atoms with Crippen molar-refractivity contribution < 1.29 is 27.4 Å². The highest BCUT2D eigenvalue weighted by molar-refractivity contribution is 5.03. The van der Waals surface area contributed by atoms with Gasteiger partial charge in [-0.2, -0.15) is 8.78 Å². The number of hydrogen-bond donors (Lipinski definition) is 1. The number of rotatable bonds is 6. The third-order valence-electron chi connectivity index (χ3n) is 2.06. The summed E-state index contributed by atoms with van der Waals surface area (Å²) in [4.78, 5) is 0. The van der Waals surface area contributed by atoms with Gasteiger partial charge in [0.2, 0.25) is 5.82 Å². The molecule has 0 amide bonds. The molecule has 0 bridgehead atoms. The fourth-order valence-corrected chi connectivity index (χ4v) is 1.21. The predicted molar refractivity (Wildman–Crippen MR) is 47.7 cm³/mol. The molecule has 0 radical (unpaired) electrons. The highest BCUT2D eigenvalue weighted by Crippen LogP contribution is 2.33. The van der Waals surface area contributed by atoms with Crippen molar-refractivity contribution in [3.8, 4) is 0 Å². The molecule has 0 atom stereocenters. The minimum Gasteiger partial charge on any atom is -0.388 e. The van der Waals surface area contributed by atoms with Gasteiger partial charge in [-0.15, -0.1) is 10.2 Å². The number of halogens is 4. The number of nitrogens with zero attached hydrogens (tertiary/aromatic N) is 3. The topological polar surface area (TPSA) is 60.2 Å². The van der Waals surface area contributed by atoms with Crippen LogP contribution >= 0.6 is 0 Å². The van der Waals surface area contributed by atoms with Gasteiger partial charge in [-0.25, -0.2) is 8.78 Å². The van der Waals surface area contributed by atoms with E-state index in [-0.39, 0.29) is 19.0 Å². The Kier molecular flexibility index (Phi) is 4.40. The van der Waals surface area contributed by atoms with Crippen LogP contribution in [-0.2, 0) is 23.8 Å². The number of ether oxygens (including phenoxy) is 1. The lowest BCUT2D eigenvalue weighted by Gasteiger charge is -2.16. The molecule has 1 aromatic rings. The SMILES string of the molecule is COCCn1c(CO)nnc1C(F)(F)C(F)F. The van der Waals surface area contributed by atoms with Crippen LogP contribution in [0.4, 0.5) is 17.6 Å². The quantitative estimate of drug-likeness (QED) is 0.765. The molecule has 0 aliphatic heterocycles. The Morgan fingerprint density at radius 3 is 2.53 bits per heavy atom. The first-order valence-electron chi connectivity index (χ1n) is 4.63. The number of aliphatic hydroxyl groups excluding tert-OH is 1. The van der Waals surface area contributed by atoms with E-state index < -0.39 is 24.8 Å². The van der Waals surface area contributed by atoms with Crippen LogP contribution in [0.2, 0.25) is 0 Å². The monoisotopic (exact) mass is 257 g/mol. The van der Waals surface area contributed by atoms with E-state index in [0.29, 0.717) is 0 Å². The van der Waals surface area contributed by atoms with Gasteiger partial charge in [-0.3, -0.25) is 0 Å². The molecule has 98 valence electrons. The van der Waals surface area contributed by atoms with E-state index in [2.05, 4.69) is 14.9 Å². The number of alkyl halides is 4. The van der Waals surface area contributed by atoms with Gasteiger partial charge >= 0.3 is 12.3 Å². The summed E-state index contributed by atoms with van der Waals surface area (Å²) in [5.74, 6) is -5.79. The van der Waals surface area contributed by atoms with Crippen LogP contribution in [0.1, 0.15) is 11.6 Å². The molecule has 5 nitrogen and oxygen atoms in total. The Labute approximate surface area is 94.0 Å². The second kappa shape index (κ2) is 5.41. The summed E-state index contributed by atoms with van der Waals surface area (Å²) >= 11 is 0. The van der Waals surface area contributed by atoms with Crippen molar-refractivity contribution in [1.29, 1.82) is 0 Å². The van der Waals surface area contributed by atoms with Crippen molar-refractivity contribution in [3.63, 3.8) is 0 Å². The van der Waals surface area contributed by atoms with E-state index in [1.54, 1.807) is 0 Å². The van der Waals surface area contributed by atoms with Crippen molar-refractivity contribution in [1.82, 2.24) is 14.8 Å². The zero-order chi connectivity index (χ0) is 13.1. The van der Waals surface area contributed by atoms with Gasteiger partial charge in [0.05, 0.1) is 6.61 Å². The third-order valence-corrected chi connectivity index (χ3v) is 2.06. The molecule has 0 spiro atoms. The Morgan fingerprint density at radius 1 is 1.41 bits per heavy atom. The Morgan fingerprint density at radius 2 is 2.06 bits per heavy atom. The number of methoxy groups -OCH3 is 1. The van der Waals surface area contributed by atoms with E-state index in [9.17, 15) is 17.6 Å². The van der Waals surface area contributed by atoms with Gasteiger partial charge in [0.25, 0.3) is 0 Å². The summed E-state index contributed by atoms with van der Waals surface area (Å²) in [6.45, 7) is -0.801. The standard InChI is InChI=1S/C8H11F4N3O2/c1-17-3-2-15-5(4-16)13-14-7(15)8(11,12)6(9)10/h6,16H,2-4H2,1H3. The molecule has 1 rings (SSSR count). The van der Waals surface area contributed by atoms with E-state index in [1.165, 1.54) is 7.11 Å². The highest BCUT2D eigenvalue weighted by Gasteiger charge is 2.47. The van der Waals surface area contributed by atoms with Gasteiger partial charge in [0.15, 0.2) is 5.82 Å². The first-order valence-corrected chi connectivity index (χ1v) is 4.63. The smallest absolute Gasteiger partial charge is 0.365 e. The third kappa shape index (κ3) is 2.72. The van der Waals surface area contributed by atoms with Crippen LogP contribution in [0.25, 0.3) is 0 Å². The molecule has 9 heteroatoms. The zero-order valence-corrected chi connectivity index (χ0v) is 8.91. The Balaban J connectivity index is 3.10. The van der Waals surface area contributed by atoms with E-state index in [4.69, 9.17) is 5.11 Å². The number of hydrogen-bond acceptors (Lipinski definition) is 4. The summed E-state index contributed by atoms with van der Waals surface area (Å²) in [6.07, 6.45) is -3.89. The Bertz CT molecular complexity index is 370. The summed E-state index contributed by atoms with van der Waals surface area (Å²) in [6, 6.07) is 0. The average molecular weight is 257 g/mol. The Hall–Kier alpha value is -1.22. The number of aromatic nitrogens is 3. The maximum absolute atomic E-state index is 13.1. The summed E-state index contributed by atoms with van der Waals surface area (Å²) in [5.41, 5.74) is 0. The van der Waals surface area contributed by atoms with Crippen molar-refractivity contribution in [2.45, 2.75) is 25.5 Å². The molecular formula is C8H11F4N3O2. The van der Waals surface area contributed by atoms with E-state index in [1.807, 2.05) is 0 Å². The van der Waals surface area contributed by atoms with Crippen LogP contribution in [0.5, 0.6) is 0 Å². The normalized spacial score (nSPS) is 12.4. The number of aliphatic hydroxyl groups is 1. The fourth-order valence-electron chi connectivity index (χ4n) is 1.21. The summed E-state index contributed by atoms with van der Waals surface area (Å²) in [5, 5.41) is 15.1. The molecule has 0 aromatic carbocycles. The minimum atomic E-state index is -4.41. The van der Waals surface area contributed by atoms with Gasteiger partial charge in [-0.05, 0) is 0 Å². The van der Waals surface area contributed by atoms with Crippen LogP contribution in [-0.4, -0.2) is 40.0 Å². The maximum atomic E-state index is 13.1. The molecule has 0 saturated carbocycles. The maximum Gasteiger partial charge on any atom is 0.365 e. The van der Waals surface area contributed by atoms with Gasteiger partial charge in [0, 0.05) is 13.7 Å². The second-order valence-electron chi connectivity index (χ2n) is 3.17. The lowest BCUT2D eigenvalue weighted by molar-refractivity contribution is -0.143. The van der Waals surface area contributed by atoms with Crippen molar-refractivity contribution in [2.24, 2.45) is 0 Å². The molecule has 1 aromatic heterocycles. The van der Waals surface area contributed by atoms with Gasteiger partial charge < -0.3 is 14.4 Å². The van der Waals surface area contributed by atoms with Gasteiger partial charge in [0.1, 0.15) is 6.61 Å². The molecule has 1 heterocycles. The second-order valence-corrected chi connectivity index (χ2v) is 3.17. The first kappa shape index (κ1) is 13.8. The van der Waals surface area contributed by atoms with Crippen molar-refractivity contribution in [3.05, 3.63) is 11.6 Å². The minimum absolute atomic E-state index is 0.0113. The highest BCUT2D eigenvalue weighted by atomic mass is 19.3. The molecular weight excluding hydrogens is 246 g/mol. The van der Waals surface area contributed by atoms with E-state index in [0.717, 1.165) is 4.57 Å². The first-order chi connectivity index (χ1) is 7.95. The van der Waals surface area contributed by atoms with Crippen LogP contribution < -0.4 is 0 Å². The van der Waals surface area contributed by atoms with E-state index >= 15 is 0 Å². The van der Waals surface area contributed by atoms with Crippen LogP contribution in [0.15, 0.2) is 0 Å². The van der Waals surface area contributed by atoms with Gasteiger partial charge in [-0.1, -0.05) is 0 Å². The lowest BCUT2D eigenvalue weighted by atomic mass is 10.3. The van der Waals surface area contributed by atoms with Crippen LogP contribution in [0.3, 0.4) is 0 Å². The zero-order valence-electron chi connectivity index (χ0n) is 8.91. The average Bonchev–Trinajstić information content (AvgIpc) is 2.69. The lowest BCUT2D eigenvalue weighted by Crippen LogP contribution is -2.29. The molecule has 17 heavy (non-hydrogen) atoms.